The van der Waals surface area contributed by atoms with E-state index in [1.165, 1.54) is 31.4 Å². The van der Waals surface area contributed by atoms with E-state index < -0.39 is 0 Å². The van der Waals surface area contributed by atoms with Crippen molar-refractivity contribution in [3.05, 3.63) is 60.2 Å². The van der Waals surface area contributed by atoms with Gasteiger partial charge in [-0.2, -0.15) is 5.10 Å². The van der Waals surface area contributed by atoms with Crippen molar-refractivity contribution in [1.82, 2.24) is 20.4 Å². The second-order valence-electron chi connectivity index (χ2n) is 9.47. The molecule has 0 aliphatic carbocycles. The van der Waals surface area contributed by atoms with Gasteiger partial charge in [0.15, 0.2) is 0 Å². The predicted octanol–water partition coefficient (Wildman–Crippen LogP) is 4.95. The van der Waals surface area contributed by atoms with E-state index in [1.807, 2.05) is 24.3 Å². The number of likely N-dealkylation sites (tertiary alicyclic amines) is 1. The summed E-state index contributed by atoms with van der Waals surface area (Å²) in [6, 6.07) is 19.0. The molecule has 2 aliphatic rings. The number of aromatic nitrogens is 2. The van der Waals surface area contributed by atoms with Crippen LogP contribution in [0.1, 0.15) is 49.4 Å². The summed E-state index contributed by atoms with van der Waals surface area (Å²) in [4.78, 5) is 17.5. The van der Waals surface area contributed by atoms with E-state index in [1.54, 1.807) is 0 Å². The first-order valence-electron chi connectivity index (χ1n) is 12.7. The van der Waals surface area contributed by atoms with E-state index in [0.717, 1.165) is 61.7 Å². The van der Waals surface area contributed by atoms with Crippen LogP contribution in [0, 0.1) is 0 Å². The summed E-state index contributed by atoms with van der Waals surface area (Å²) < 4.78 is 0. The first kappa shape index (κ1) is 22.7. The van der Waals surface area contributed by atoms with Crippen molar-refractivity contribution in [3.63, 3.8) is 0 Å². The second-order valence-corrected chi connectivity index (χ2v) is 9.47. The largest absolute Gasteiger partial charge is 0.372 e. The first-order chi connectivity index (χ1) is 16.7. The molecule has 0 unspecified atom stereocenters. The zero-order chi connectivity index (χ0) is 23.3. The van der Waals surface area contributed by atoms with Crippen molar-refractivity contribution in [2.24, 2.45) is 0 Å². The molecule has 5 rings (SSSR count). The molecule has 2 N–H and O–H groups in total. The molecule has 0 radical (unpaired) electrons. The van der Waals surface area contributed by atoms with Crippen molar-refractivity contribution in [1.29, 1.82) is 0 Å². The average Bonchev–Trinajstić information content (AvgIpc) is 3.58. The van der Waals surface area contributed by atoms with Crippen LogP contribution in [0.2, 0.25) is 0 Å². The van der Waals surface area contributed by atoms with Crippen molar-refractivity contribution in [2.75, 3.05) is 37.6 Å². The minimum absolute atomic E-state index is 0.00593. The third kappa shape index (κ3) is 5.02. The lowest BCUT2D eigenvalue weighted by molar-refractivity contribution is 0.0941. The molecule has 2 aliphatic heterocycles. The molecule has 1 aromatic heterocycles. The number of benzene rings is 2. The molecule has 0 spiro atoms. The fourth-order valence-corrected chi connectivity index (χ4v) is 5.27. The summed E-state index contributed by atoms with van der Waals surface area (Å²) in [5.41, 5.74) is 5.99. The van der Waals surface area contributed by atoms with Gasteiger partial charge >= 0.3 is 0 Å². The van der Waals surface area contributed by atoms with E-state index in [-0.39, 0.29) is 5.91 Å². The molecule has 3 aromatic rings. The molecule has 34 heavy (non-hydrogen) atoms. The quantitative estimate of drug-likeness (QED) is 0.527. The van der Waals surface area contributed by atoms with Crippen LogP contribution in [0.15, 0.2) is 54.6 Å². The van der Waals surface area contributed by atoms with Crippen LogP contribution in [0.5, 0.6) is 0 Å². The number of nitrogens with zero attached hydrogens (tertiary/aromatic N) is 3. The van der Waals surface area contributed by atoms with Gasteiger partial charge in [-0.1, -0.05) is 31.2 Å². The number of hydrogen-bond donors (Lipinski definition) is 2. The number of anilines is 1. The highest BCUT2D eigenvalue weighted by molar-refractivity contribution is 5.94. The third-order valence-electron chi connectivity index (χ3n) is 7.32. The van der Waals surface area contributed by atoms with Crippen molar-refractivity contribution in [2.45, 2.75) is 45.1 Å². The zero-order valence-corrected chi connectivity index (χ0v) is 20.1. The Morgan fingerprint density at radius 2 is 1.71 bits per heavy atom. The molecule has 6 heteroatoms. The van der Waals surface area contributed by atoms with E-state index in [9.17, 15) is 4.79 Å². The Labute approximate surface area is 202 Å². The predicted molar refractivity (Wildman–Crippen MR) is 138 cm³/mol. The first-order valence-corrected chi connectivity index (χ1v) is 12.7. The van der Waals surface area contributed by atoms with Crippen LogP contribution in [-0.4, -0.2) is 59.8 Å². The Hall–Kier alpha value is -3.12. The Morgan fingerprint density at radius 3 is 2.44 bits per heavy atom. The van der Waals surface area contributed by atoms with Gasteiger partial charge in [0.1, 0.15) is 0 Å². The van der Waals surface area contributed by atoms with Crippen LogP contribution in [0.4, 0.5) is 5.69 Å². The van der Waals surface area contributed by atoms with E-state index in [0.29, 0.717) is 11.6 Å². The maximum atomic E-state index is 12.6. The highest BCUT2D eigenvalue weighted by Gasteiger charge is 2.23. The Bertz CT molecular complexity index is 1080. The molecule has 1 atom stereocenters. The summed E-state index contributed by atoms with van der Waals surface area (Å²) in [6.07, 6.45) is 6.29. The summed E-state index contributed by atoms with van der Waals surface area (Å²) in [7, 11) is 0. The molecule has 6 nitrogen and oxygen atoms in total. The van der Waals surface area contributed by atoms with Gasteiger partial charge in [-0.3, -0.25) is 14.8 Å². The minimum Gasteiger partial charge on any atom is -0.372 e. The van der Waals surface area contributed by atoms with Crippen molar-refractivity contribution in [3.8, 4) is 22.5 Å². The lowest BCUT2D eigenvalue weighted by Crippen LogP contribution is -2.40. The number of aromatic amines is 1. The summed E-state index contributed by atoms with van der Waals surface area (Å²) in [5.74, 6) is -0.00593. The van der Waals surface area contributed by atoms with Gasteiger partial charge in [0.05, 0.1) is 11.4 Å². The van der Waals surface area contributed by atoms with Crippen molar-refractivity contribution < 1.29 is 4.79 Å². The molecule has 0 saturated carbocycles. The molecule has 3 heterocycles. The number of likely N-dealkylation sites (N-methyl/N-ethyl adjacent to an activating group) is 1. The minimum atomic E-state index is -0.00593. The number of carbonyl (C=O) groups excluding carboxylic acids is 1. The van der Waals surface area contributed by atoms with Crippen LogP contribution in [-0.2, 0) is 0 Å². The molecule has 2 aromatic carbocycles. The monoisotopic (exact) mass is 457 g/mol. The molecular weight excluding hydrogens is 422 g/mol. The Kier molecular flexibility index (Phi) is 6.95. The third-order valence-corrected chi connectivity index (χ3v) is 7.32. The van der Waals surface area contributed by atoms with E-state index in [4.69, 9.17) is 0 Å². The average molecular weight is 458 g/mol. The molecule has 1 amide bonds. The van der Waals surface area contributed by atoms with E-state index >= 15 is 0 Å². The Morgan fingerprint density at radius 1 is 0.971 bits per heavy atom. The maximum absolute atomic E-state index is 12.6. The number of hydrogen-bond acceptors (Lipinski definition) is 4. The molecule has 178 valence electrons. The van der Waals surface area contributed by atoms with Crippen LogP contribution < -0.4 is 10.2 Å². The van der Waals surface area contributed by atoms with Crippen molar-refractivity contribution >= 4 is 11.6 Å². The molecular formula is C28H35N5O. The van der Waals surface area contributed by atoms with Gasteiger partial charge in [-0.15, -0.1) is 0 Å². The number of amides is 1. The number of nitrogens with one attached hydrogen (secondary N) is 2. The number of piperidine rings is 1. The van der Waals surface area contributed by atoms with Gasteiger partial charge in [-0.25, -0.2) is 0 Å². The number of carbonyl (C=O) groups is 1. The SMILES string of the molecule is CCN1CCC[C@@H]1CNC(=O)c1ccc(-c2cc(-c3ccc(N4CCCCC4)cc3)n[nH]2)cc1. The summed E-state index contributed by atoms with van der Waals surface area (Å²) in [5, 5.41) is 10.8. The smallest absolute Gasteiger partial charge is 0.251 e. The maximum Gasteiger partial charge on any atom is 0.251 e. The summed E-state index contributed by atoms with van der Waals surface area (Å²) in [6.45, 7) is 7.39. The van der Waals surface area contributed by atoms with Gasteiger partial charge in [0.25, 0.3) is 5.91 Å². The lowest BCUT2D eigenvalue weighted by Gasteiger charge is -2.28. The van der Waals surface area contributed by atoms with Crippen LogP contribution in [0.25, 0.3) is 22.5 Å². The Balaban J connectivity index is 1.20. The van der Waals surface area contributed by atoms with Gasteiger partial charge in [0.2, 0.25) is 0 Å². The standard InChI is InChI=1S/C28H35N5O/c1-2-32-18-6-7-25(32)20-29-28(34)23-10-8-21(9-11-23)26-19-27(31-30-26)22-12-14-24(15-13-22)33-16-4-3-5-17-33/h8-15,19,25H,2-7,16-18,20H2,1H3,(H,29,34)(H,30,31)/t25-/m1/s1. The zero-order valence-electron chi connectivity index (χ0n) is 20.1. The highest BCUT2D eigenvalue weighted by Crippen LogP contribution is 2.27. The molecule has 2 fully saturated rings. The van der Waals surface area contributed by atoms with Gasteiger partial charge in [0, 0.05) is 42.5 Å². The van der Waals surface area contributed by atoms with Crippen LogP contribution in [0.3, 0.4) is 0 Å². The molecule has 2 saturated heterocycles. The normalized spacial score (nSPS) is 18.9. The van der Waals surface area contributed by atoms with Crippen LogP contribution >= 0.6 is 0 Å². The van der Waals surface area contributed by atoms with E-state index in [2.05, 4.69) is 62.6 Å². The fraction of sp³-hybridized carbons (Fsp3) is 0.429. The van der Waals surface area contributed by atoms with Gasteiger partial charge in [-0.05, 0) is 81.1 Å². The summed E-state index contributed by atoms with van der Waals surface area (Å²) >= 11 is 0. The van der Waals surface area contributed by atoms with Gasteiger partial charge < -0.3 is 10.2 Å². The lowest BCUT2D eigenvalue weighted by atomic mass is 10.1. The fourth-order valence-electron chi connectivity index (χ4n) is 5.27. The number of H-pyrrole nitrogens is 1. The number of rotatable bonds is 7. The second kappa shape index (κ2) is 10.4. The topological polar surface area (TPSA) is 64.3 Å². The molecule has 0 bridgehead atoms. The highest BCUT2D eigenvalue weighted by atomic mass is 16.1.